The third-order valence-corrected chi connectivity index (χ3v) is 5.85. The van der Waals surface area contributed by atoms with Gasteiger partial charge in [-0.05, 0) is 31.5 Å². The van der Waals surface area contributed by atoms with Crippen LogP contribution in [0, 0.1) is 0 Å². The van der Waals surface area contributed by atoms with Crippen LogP contribution in [0.4, 0.5) is 10.5 Å². The number of nitrogens with zero attached hydrogens (tertiary/aromatic N) is 1. The SMILES string of the molecule is CCOC(=O)Nc1cccc(C(=O)OCC(=O)N(C)[C@H]2CCS(=O)(=O)C2)c1. The van der Waals surface area contributed by atoms with Gasteiger partial charge in [0.05, 0.1) is 23.7 Å². The average Bonchev–Trinajstić information content (AvgIpc) is 2.99. The first-order valence-electron chi connectivity index (χ1n) is 8.39. The molecule has 1 saturated heterocycles. The number of hydrogen-bond donors (Lipinski definition) is 1. The summed E-state index contributed by atoms with van der Waals surface area (Å²) in [6.45, 7) is 1.38. The van der Waals surface area contributed by atoms with Crippen LogP contribution in [-0.4, -0.2) is 69.1 Å². The molecule has 1 heterocycles. The van der Waals surface area contributed by atoms with Gasteiger partial charge in [-0.3, -0.25) is 10.1 Å². The van der Waals surface area contributed by atoms with E-state index in [-0.39, 0.29) is 23.7 Å². The molecule has 1 aromatic carbocycles. The number of hydrogen-bond acceptors (Lipinski definition) is 7. The summed E-state index contributed by atoms with van der Waals surface area (Å²) in [6.07, 6.45) is -0.272. The van der Waals surface area contributed by atoms with E-state index in [0.29, 0.717) is 12.1 Å². The van der Waals surface area contributed by atoms with Crippen molar-refractivity contribution in [3.63, 3.8) is 0 Å². The van der Waals surface area contributed by atoms with Crippen LogP contribution in [0.1, 0.15) is 23.7 Å². The fraction of sp³-hybridized carbons (Fsp3) is 0.471. The molecule has 0 bridgehead atoms. The predicted octanol–water partition coefficient (Wildman–Crippen LogP) is 1.06. The number of anilines is 1. The molecule has 1 atom stereocenters. The third-order valence-electron chi connectivity index (χ3n) is 4.10. The molecule has 1 aliphatic rings. The number of carbonyl (C=O) groups is 3. The molecule has 0 spiro atoms. The van der Waals surface area contributed by atoms with Crippen LogP contribution in [0.25, 0.3) is 0 Å². The average molecular weight is 398 g/mol. The Hall–Kier alpha value is -2.62. The van der Waals surface area contributed by atoms with Crippen molar-refractivity contribution in [2.24, 2.45) is 0 Å². The lowest BCUT2D eigenvalue weighted by molar-refractivity contribution is -0.134. The van der Waals surface area contributed by atoms with Crippen LogP contribution < -0.4 is 5.32 Å². The maximum Gasteiger partial charge on any atom is 0.411 e. The van der Waals surface area contributed by atoms with E-state index in [2.05, 4.69) is 5.32 Å². The van der Waals surface area contributed by atoms with E-state index in [1.54, 1.807) is 19.1 Å². The number of ether oxygens (including phenoxy) is 2. The van der Waals surface area contributed by atoms with Gasteiger partial charge in [0.1, 0.15) is 0 Å². The fourth-order valence-corrected chi connectivity index (χ4v) is 4.38. The van der Waals surface area contributed by atoms with Crippen molar-refractivity contribution in [1.82, 2.24) is 4.90 Å². The van der Waals surface area contributed by atoms with Crippen molar-refractivity contribution in [3.8, 4) is 0 Å². The van der Waals surface area contributed by atoms with Crippen molar-refractivity contribution >= 4 is 33.5 Å². The largest absolute Gasteiger partial charge is 0.452 e. The molecule has 2 amide bonds. The van der Waals surface area contributed by atoms with E-state index >= 15 is 0 Å². The number of benzene rings is 1. The first-order chi connectivity index (χ1) is 12.7. The molecular weight excluding hydrogens is 376 g/mol. The summed E-state index contributed by atoms with van der Waals surface area (Å²) < 4.78 is 32.8. The van der Waals surface area contributed by atoms with Gasteiger partial charge in [0.2, 0.25) is 0 Å². The molecule has 0 radical (unpaired) electrons. The van der Waals surface area contributed by atoms with Crippen LogP contribution in [-0.2, 0) is 24.1 Å². The lowest BCUT2D eigenvalue weighted by Gasteiger charge is -2.23. The Morgan fingerprint density at radius 3 is 2.63 bits per heavy atom. The second kappa shape index (κ2) is 8.85. The van der Waals surface area contributed by atoms with Gasteiger partial charge in [-0.2, -0.15) is 0 Å². The highest BCUT2D eigenvalue weighted by Gasteiger charge is 2.32. The van der Waals surface area contributed by atoms with E-state index < -0.39 is 40.5 Å². The van der Waals surface area contributed by atoms with E-state index in [0.717, 1.165) is 0 Å². The molecule has 9 nitrogen and oxygen atoms in total. The van der Waals surface area contributed by atoms with E-state index in [1.807, 2.05) is 0 Å². The van der Waals surface area contributed by atoms with Gasteiger partial charge in [0.25, 0.3) is 5.91 Å². The highest BCUT2D eigenvalue weighted by Crippen LogP contribution is 2.17. The lowest BCUT2D eigenvalue weighted by atomic mass is 10.2. The molecule has 0 unspecified atom stereocenters. The summed E-state index contributed by atoms with van der Waals surface area (Å²) in [6, 6.07) is 5.61. The summed E-state index contributed by atoms with van der Waals surface area (Å²) in [5.41, 5.74) is 0.505. The Kier molecular flexibility index (Phi) is 6.78. The number of carbonyl (C=O) groups excluding carboxylic acids is 3. The van der Waals surface area contributed by atoms with Crippen molar-refractivity contribution in [2.45, 2.75) is 19.4 Å². The fourth-order valence-electron chi connectivity index (χ4n) is 2.61. The standard InChI is InChI=1S/C17H22N2O7S/c1-3-25-17(22)18-13-6-4-5-12(9-13)16(21)26-10-15(20)19(2)14-7-8-27(23,24)11-14/h4-6,9,14H,3,7-8,10-11H2,1-2H3,(H,18,22)/t14-/m0/s1. The van der Waals surface area contributed by atoms with Crippen LogP contribution >= 0.6 is 0 Å². The topological polar surface area (TPSA) is 119 Å². The van der Waals surface area contributed by atoms with Gasteiger partial charge in [0, 0.05) is 18.8 Å². The first-order valence-corrected chi connectivity index (χ1v) is 10.2. The maximum atomic E-state index is 12.1. The Morgan fingerprint density at radius 2 is 2.00 bits per heavy atom. The number of rotatable bonds is 6. The third kappa shape index (κ3) is 5.95. The smallest absolute Gasteiger partial charge is 0.411 e. The zero-order valence-corrected chi connectivity index (χ0v) is 16.0. The quantitative estimate of drug-likeness (QED) is 0.712. The molecule has 0 saturated carbocycles. The van der Waals surface area contributed by atoms with Gasteiger partial charge in [-0.25, -0.2) is 18.0 Å². The zero-order valence-electron chi connectivity index (χ0n) is 15.1. The zero-order chi connectivity index (χ0) is 20.0. The first kappa shape index (κ1) is 20.7. The normalized spacial score (nSPS) is 17.8. The van der Waals surface area contributed by atoms with Crippen molar-refractivity contribution < 1.29 is 32.3 Å². The van der Waals surface area contributed by atoms with E-state index in [1.165, 1.54) is 24.1 Å². The van der Waals surface area contributed by atoms with Gasteiger partial charge in [-0.1, -0.05) is 6.07 Å². The highest BCUT2D eigenvalue weighted by atomic mass is 32.2. The predicted molar refractivity (Wildman–Crippen MR) is 97.2 cm³/mol. The molecular formula is C17H22N2O7S. The minimum atomic E-state index is -3.11. The summed E-state index contributed by atoms with van der Waals surface area (Å²) in [5, 5.41) is 2.46. The van der Waals surface area contributed by atoms with Crippen LogP contribution in [0.2, 0.25) is 0 Å². The Labute approximate surface area is 157 Å². The summed E-state index contributed by atoms with van der Waals surface area (Å²) in [4.78, 5) is 37.0. The molecule has 2 rings (SSSR count). The van der Waals surface area contributed by atoms with Crippen LogP contribution in [0.3, 0.4) is 0 Å². The summed E-state index contributed by atoms with van der Waals surface area (Å²) in [5.74, 6) is -1.24. The second-order valence-corrected chi connectivity index (χ2v) is 8.29. The molecule has 10 heteroatoms. The lowest BCUT2D eigenvalue weighted by Crippen LogP contribution is -2.40. The molecule has 0 aliphatic carbocycles. The Bertz CT molecular complexity index is 822. The Morgan fingerprint density at radius 1 is 1.26 bits per heavy atom. The number of sulfone groups is 1. The number of likely N-dealkylation sites (N-methyl/N-ethyl adjacent to an activating group) is 1. The van der Waals surface area contributed by atoms with Crippen molar-refractivity contribution in [3.05, 3.63) is 29.8 Å². The molecule has 0 aromatic heterocycles. The minimum absolute atomic E-state index is 0.0509. The molecule has 148 valence electrons. The van der Waals surface area contributed by atoms with Crippen molar-refractivity contribution in [1.29, 1.82) is 0 Å². The summed E-state index contributed by atoms with van der Waals surface area (Å²) in [7, 11) is -1.62. The number of amides is 2. The van der Waals surface area contributed by atoms with Gasteiger partial charge in [0.15, 0.2) is 16.4 Å². The van der Waals surface area contributed by atoms with Crippen LogP contribution in [0.15, 0.2) is 24.3 Å². The van der Waals surface area contributed by atoms with Crippen molar-refractivity contribution in [2.75, 3.05) is 37.1 Å². The maximum absolute atomic E-state index is 12.1. The second-order valence-electron chi connectivity index (χ2n) is 6.06. The van der Waals surface area contributed by atoms with E-state index in [4.69, 9.17) is 9.47 Å². The Balaban J connectivity index is 1.89. The van der Waals surface area contributed by atoms with Gasteiger partial charge in [-0.15, -0.1) is 0 Å². The van der Waals surface area contributed by atoms with Gasteiger partial charge < -0.3 is 14.4 Å². The highest BCUT2D eigenvalue weighted by molar-refractivity contribution is 7.91. The molecule has 1 N–H and O–H groups in total. The molecule has 1 aliphatic heterocycles. The van der Waals surface area contributed by atoms with E-state index in [9.17, 15) is 22.8 Å². The molecule has 1 aromatic rings. The summed E-state index contributed by atoms with van der Waals surface area (Å²) >= 11 is 0. The van der Waals surface area contributed by atoms with Crippen LogP contribution in [0.5, 0.6) is 0 Å². The van der Waals surface area contributed by atoms with Gasteiger partial charge >= 0.3 is 12.1 Å². The minimum Gasteiger partial charge on any atom is -0.452 e. The molecule has 1 fully saturated rings. The number of esters is 1. The number of nitrogens with one attached hydrogen (secondary N) is 1. The molecule has 27 heavy (non-hydrogen) atoms. The monoisotopic (exact) mass is 398 g/mol.